The Bertz CT molecular complexity index is 1400. The lowest BCUT2D eigenvalue weighted by molar-refractivity contribution is -0.127. The molecular weight excluding hydrogens is 576 g/mol. The number of anilines is 1. The Kier molecular flexibility index (Phi) is 7.93. The molecule has 0 atom stereocenters. The van der Waals surface area contributed by atoms with Crippen LogP contribution in [0.3, 0.4) is 0 Å². The lowest BCUT2D eigenvalue weighted by Gasteiger charge is -2.12. The Balaban J connectivity index is 1.40. The Labute approximate surface area is 224 Å². The molecule has 184 valence electrons. The molecule has 0 radical (unpaired) electrons. The van der Waals surface area contributed by atoms with E-state index in [1.165, 1.54) is 24.3 Å². The third kappa shape index (κ3) is 6.04. The number of nitrogens with zero attached hydrogens (tertiary/aromatic N) is 1. The molecule has 2 N–H and O–H groups in total. The van der Waals surface area contributed by atoms with Crippen molar-refractivity contribution >= 4 is 68.7 Å². The maximum absolute atomic E-state index is 13.7. The molecule has 0 spiro atoms. The van der Waals surface area contributed by atoms with Crippen LogP contribution in [0.2, 0.25) is 10.0 Å². The summed E-state index contributed by atoms with van der Waals surface area (Å²) >= 11 is 15.4. The first-order valence-electron chi connectivity index (χ1n) is 10.5. The van der Waals surface area contributed by atoms with Crippen LogP contribution in [0, 0.1) is 5.82 Å². The molecule has 0 saturated carbocycles. The number of rotatable bonds is 7. The van der Waals surface area contributed by atoms with Crippen molar-refractivity contribution in [2.24, 2.45) is 0 Å². The van der Waals surface area contributed by atoms with E-state index in [9.17, 15) is 18.8 Å². The molecular formula is C25H17BrCl2FN3O4. The van der Waals surface area contributed by atoms with Crippen molar-refractivity contribution in [3.8, 4) is 5.75 Å². The normalized spacial score (nSPS) is 14.2. The van der Waals surface area contributed by atoms with Gasteiger partial charge in [0.15, 0.2) is 0 Å². The molecule has 3 aromatic rings. The average Bonchev–Trinajstić information content (AvgIpc) is 3.09. The van der Waals surface area contributed by atoms with Crippen molar-refractivity contribution in [3.05, 3.63) is 97.8 Å². The highest BCUT2D eigenvalue weighted by Crippen LogP contribution is 2.29. The van der Waals surface area contributed by atoms with Gasteiger partial charge in [-0.2, -0.15) is 0 Å². The SMILES string of the molecule is O=C(CN1C(=O)N/C(=C/c2ccc(OCc3ccc(Cl)c(Cl)c3)c(Br)c2)C1=O)Nc1ccccc1F. The van der Waals surface area contributed by atoms with Gasteiger partial charge in [0.05, 0.1) is 20.2 Å². The number of halogens is 4. The molecule has 0 aliphatic carbocycles. The fraction of sp³-hybridized carbons (Fsp3) is 0.0800. The largest absolute Gasteiger partial charge is 0.488 e. The Hall–Kier alpha value is -3.40. The highest BCUT2D eigenvalue weighted by molar-refractivity contribution is 9.10. The second-order valence-corrected chi connectivity index (χ2v) is 9.30. The predicted molar refractivity (Wildman–Crippen MR) is 138 cm³/mol. The van der Waals surface area contributed by atoms with Gasteiger partial charge in [0.2, 0.25) is 5.91 Å². The summed E-state index contributed by atoms with van der Waals surface area (Å²) < 4.78 is 20.2. The molecule has 1 fully saturated rings. The zero-order chi connectivity index (χ0) is 25.8. The van der Waals surface area contributed by atoms with Crippen LogP contribution in [-0.2, 0) is 16.2 Å². The molecule has 1 aliphatic rings. The van der Waals surface area contributed by atoms with Gasteiger partial charge in [-0.3, -0.25) is 9.59 Å². The maximum atomic E-state index is 13.7. The minimum absolute atomic E-state index is 0.00457. The first-order chi connectivity index (χ1) is 17.2. The second kappa shape index (κ2) is 11.1. The number of benzene rings is 3. The van der Waals surface area contributed by atoms with Crippen LogP contribution >= 0.6 is 39.1 Å². The maximum Gasteiger partial charge on any atom is 0.329 e. The Morgan fingerprint density at radius 2 is 1.86 bits per heavy atom. The number of hydrogen-bond donors (Lipinski definition) is 2. The minimum Gasteiger partial charge on any atom is -0.488 e. The summed E-state index contributed by atoms with van der Waals surface area (Å²) in [7, 11) is 0. The fourth-order valence-corrected chi connectivity index (χ4v) is 4.12. The van der Waals surface area contributed by atoms with E-state index in [4.69, 9.17) is 27.9 Å². The van der Waals surface area contributed by atoms with E-state index in [2.05, 4.69) is 26.6 Å². The van der Waals surface area contributed by atoms with Crippen molar-refractivity contribution in [2.45, 2.75) is 6.61 Å². The van der Waals surface area contributed by atoms with E-state index < -0.39 is 30.2 Å². The number of carbonyl (C=O) groups is 3. The van der Waals surface area contributed by atoms with E-state index in [1.807, 2.05) is 0 Å². The van der Waals surface area contributed by atoms with E-state index in [0.717, 1.165) is 10.5 Å². The second-order valence-electron chi connectivity index (χ2n) is 7.63. The van der Waals surface area contributed by atoms with Gasteiger partial charge in [0, 0.05) is 0 Å². The molecule has 4 rings (SSSR count). The molecule has 11 heteroatoms. The smallest absolute Gasteiger partial charge is 0.329 e. The van der Waals surface area contributed by atoms with Crippen LogP contribution in [0.1, 0.15) is 11.1 Å². The van der Waals surface area contributed by atoms with E-state index >= 15 is 0 Å². The van der Waals surface area contributed by atoms with Gasteiger partial charge < -0.3 is 15.4 Å². The summed E-state index contributed by atoms with van der Waals surface area (Å²) in [5.41, 5.74) is 1.39. The lowest BCUT2D eigenvalue weighted by atomic mass is 10.2. The van der Waals surface area contributed by atoms with Crippen LogP contribution in [0.15, 0.2) is 70.8 Å². The lowest BCUT2D eigenvalue weighted by Crippen LogP contribution is -2.38. The van der Waals surface area contributed by atoms with Crippen molar-refractivity contribution in [1.82, 2.24) is 10.2 Å². The van der Waals surface area contributed by atoms with Crippen LogP contribution in [-0.4, -0.2) is 29.3 Å². The summed E-state index contributed by atoms with van der Waals surface area (Å²) in [5, 5.41) is 5.68. The Morgan fingerprint density at radius 3 is 2.58 bits per heavy atom. The molecule has 1 heterocycles. The third-order valence-electron chi connectivity index (χ3n) is 5.06. The van der Waals surface area contributed by atoms with Gasteiger partial charge in [-0.15, -0.1) is 0 Å². The van der Waals surface area contributed by atoms with Gasteiger partial charge in [0.1, 0.15) is 30.4 Å². The molecule has 36 heavy (non-hydrogen) atoms. The molecule has 4 amide bonds. The number of carbonyl (C=O) groups excluding carboxylic acids is 3. The summed E-state index contributed by atoms with van der Waals surface area (Å²) in [6.07, 6.45) is 1.47. The van der Waals surface area contributed by atoms with Crippen molar-refractivity contribution in [2.75, 3.05) is 11.9 Å². The number of ether oxygens (including phenoxy) is 1. The van der Waals surface area contributed by atoms with Gasteiger partial charge >= 0.3 is 6.03 Å². The molecule has 1 aliphatic heterocycles. The first kappa shape index (κ1) is 25.7. The first-order valence-corrected chi connectivity index (χ1v) is 12.0. The average molecular weight is 593 g/mol. The predicted octanol–water partition coefficient (Wildman–Crippen LogP) is 6.01. The van der Waals surface area contributed by atoms with E-state index in [1.54, 1.807) is 42.5 Å². The third-order valence-corrected chi connectivity index (χ3v) is 6.42. The zero-order valence-electron chi connectivity index (χ0n) is 18.4. The van der Waals surface area contributed by atoms with Crippen molar-refractivity contribution in [1.29, 1.82) is 0 Å². The number of urea groups is 1. The quantitative estimate of drug-likeness (QED) is 0.260. The number of para-hydroxylation sites is 1. The van der Waals surface area contributed by atoms with E-state index in [0.29, 0.717) is 25.8 Å². The van der Waals surface area contributed by atoms with Gasteiger partial charge in [-0.1, -0.05) is 47.5 Å². The number of hydrogen-bond acceptors (Lipinski definition) is 4. The van der Waals surface area contributed by atoms with E-state index in [-0.39, 0.29) is 18.0 Å². The molecule has 3 aromatic carbocycles. The molecule has 0 aromatic heterocycles. The standard InChI is InChI=1S/C25H17BrCl2FN3O4/c26-16-9-14(6-8-22(16)36-13-15-5-7-17(27)18(28)10-15)11-21-24(34)32(25(35)31-21)12-23(33)30-20-4-2-1-3-19(20)29/h1-11H,12-13H2,(H,30,33)(H,31,35)/b21-11+. The molecule has 0 bridgehead atoms. The monoisotopic (exact) mass is 591 g/mol. The Morgan fingerprint density at radius 1 is 1.08 bits per heavy atom. The summed E-state index contributed by atoms with van der Waals surface area (Å²) in [6, 6.07) is 15.2. The summed E-state index contributed by atoms with van der Waals surface area (Å²) in [4.78, 5) is 38.0. The van der Waals surface area contributed by atoms with Crippen molar-refractivity contribution in [3.63, 3.8) is 0 Å². The van der Waals surface area contributed by atoms with Gasteiger partial charge in [-0.05, 0) is 69.5 Å². The highest BCUT2D eigenvalue weighted by Gasteiger charge is 2.35. The van der Waals surface area contributed by atoms with Crippen LogP contribution in [0.25, 0.3) is 6.08 Å². The highest BCUT2D eigenvalue weighted by atomic mass is 79.9. The summed E-state index contributed by atoms with van der Waals surface area (Å²) in [6.45, 7) is -0.310. The molecule has 7 nitrogen and oxygen atoms in total. The fourth-order valence-electron chi connectivity index (χ4n) is 3.29. The van der Waals surface area contributed by atoms with Crippen molar-refractivity contribution < 1.29 is 23.5 Å². The topological polar surface area (TPSA) is 87.7 Å². The summed E-state index contributed by atoms with van der Waals surface area (Å²) in [5.74, 6) is -1.47. The minimum atomic E-state index is -0.754. The zero-order valence-corrected chi connectivity index (χ0v) is 21.5. The van der Waals surface area contributed by atoms with Crippen LogP contribution < -0.4 is 15.4 Å². The molecule has 0 unspecified atom stereocenters. The van der Waals surface area contributed by atoms with Gasteiger partial charge in [0.25, 0.3) is 5.91 Å². The number of amides is 4. The van der Waals surface area contributed by atoms with Crippen LogP contribution in [0.4, 0.5) is 14.9 Å². The number of imide groups is 1. The van der Waals surface area contributed by atoms with Crippen LogP contribution in [0.5, 0.6) is 5.75 Å². The van der Waals surface area contributed by atoms with Gasteiger partial charge in [-0.25, -0.2) is 14.1 Å². The number of nitrogens with one attached hydrogen (secondary N) is 2. The molecule has 1 saturated heterocycles.